The topological polar surface area (TPSA) is 95.6 Å². The van der Waals surface area contributed by atoms with Crippen molar-refractivity contribution < 1.29 is 15.1 Å². The Morgan fingerprint density at radius 1 is 1.21 bits per heavy atom. The Labute approximate surface area is 109 Å². The number of hydrogen-bond donors (Lipinski definition) is 3. The summed E-state index contributed by atoms with van der Waals surface area (Å²) < 4.78 is 0. The number of nitrogens with zero attached hydrogens (tertiary/aromatic N) is 1. The van der Waals surface area contributed by atoms with Crippen LogP contribution < -0.4 is 5.32 Å². The van der Waals surface area contributed by atoms with Crippen molar-refractivity contribution in [2.45, 2.75) is 6.10 Å². The van der Waals surface area contributed by atoms with E-state index in [1.165, 1.54) is 6.07 Å². The highest BCUT2D eigenvalue weighted by Crippen LogP contribution is 2.30. The Kier molecular flexibility index (Phi) is 3.94. The number of non-ortho nitro benzene ring substituents is 1. The zero-order valence-corrected chi connectivity index (χ0v) is 10.1. The molecule has 6 nitrogen and oxygen atoms in total. The molecule has 0 spiro atoms. The molecule has 0 aliphatic rings. The number of aliphatic hydroxyl groups excluding tert-OH is 2. The van der Waals surface area contributed by atoms with E-state index in [1.807, 2.05) is 0 Å². The van der Waals surface area contributed by atoms with E-state index in [4.69, 9.17) is 5.11 Å². The van der Waals surface area contributed by atoms with E-state index in [2.05, 4.69) is 5.32 Å². The lowest BCUT2D eigenvalue weighted by molar-refractivity contribution is -0.383. The minimum atomic E-state index is -0.867. The lowest BCUT2D eigenvalue weighted by Crippen LogP contribution is -2.22. The van der Waals surface area contributed by atoms with Crippen LogP contribution in [0, 0.1) is 10.1 Å². The Bertz CT molecular complexity index is 600. The monoisotopic (exact) mass is 262 g/mol. The molecule has 2 rings (SSSR count). The summed E-state index contributed by atoms with van der Waals surface area (Å²) in [6, 6.07) is 10.0. The molecule has 0 heterocycles. The summed E-state index contributed by atoms with van der Waals surface area (Å²) in [5.74, 6) is 0. The fourth-order valence-corrected chi connectivity index (χ4v) is 1.90. The Morgan fingerprint density at radius 3 is 2.58 bits per heavy atom. The minimum Gasteiger partial charge on any atom is -0.394 e. The lowest BCUT2D eigenvalue weighted by Gasteiger charge is -2.12. The second kappa shape index (κ2) is 5.64. The Hall–Kier alpha value is -2.18. The predicted molar refractivity (Wildman–Crippen MR) is 72.2 cm³/mol. The van der Waals surface area contributed by atoms with Crippen molar-refractivity contribution in [1.82, 2.24) is 0 Å². The summed E-state index contributed by atoms with van der Waals surface area (Å²) in [4.78, 5) is 10.5. The molecule has 0 fully saturated rings. The van der Waals surface area contributed by atoms with Crippen molar-refractivity contribution in [3.63, 3.8) is 0 Å². The van der Waals surface area contributed by atoms with Gasteiger partial charge in [-0.1, -0.05) is 18.2 Å². The van der Waals surface area contributed by atoms with E-state index in [-0.39, 0.29) is 18.8 Å². The van der Waals surface area contributed by atoms with Gasteiger partial charge in [-0.15, -0.1) is 0 Å². The van der Waals surface area contributed by atoms with Gasteiger partial charge in [-0.05, 0) is 12.1 Å². The number of fused-ring (bicyclic) bond motifs is 1. The highest BCUT2D eigenvalue weighted by molar-refractivity contribution is 5.99. The fourth-order valence-electron chi connectivity index (χ4n) is 1.90. The van der Waals surface area contributed by atoms with Gasteiger partial charge in [0.25, 0.3) is 5.69 Å². The third-order valence-corrected chi connectivity index (χ3v) is 2.83. The average molecular weight is 262 g/mol. The molecule has 0 aromatic heterocycles. The second-order valence-electron chi connectivity index (χ2n) is 4.15. The number of nitro groups is 1. The van der Waals surface area contributed by atoms with E-state index < -0.39 is 11.0 Å². The first-order valence-corrected chi connectivity index (χ1v) is 5.82. The molecule has 0 amide bonds. The van der Waals surface area contributed by atoms with Crippen molar-refractivity contribution in [2.24, 2.45) is 0 Å². The number of nitrogens with one attached hydrogen (secondary N) is 1. The maximum absolute atomic E-state index is 11.0. The molecule has 0 saturated heterocycles. The third-order valence-electron chi connectivity index (χ3n) is 2.83. The van der Waals surface area contributed by atoms with Crippen LogP contribution in [-0.4, -0.2) is 34.4 Å². The largest absolute Gasteiger partial charge is 0.394 e. The summed E-state index contributed by atoms with van der Waals surface area (Å²) in [5.41, 5.74) is 0.734. The maximum atomic E-state index is 11.0. The number of benzene rings is 2. The number of nitro benzene ring substituents is 1. The average Bonchev–Trinajstić information content (AvgIpc) is 2.43. The fraction of sp³-hybridized carbons (Fsp3) is 0.231. The molecule has 6 heteroatoms. The van der Waals surface area contributed by atoms with E-state index in [1.54, 1.807) is 30.3 Å². The highest BCUT2D eigenvalue weighted by Gasteiger charge is 2.13. The van der Waals surface area contributed by atoms with Gasteiger partial charge in [-0.3, -0.25) is 10.1 Å². The van der Waals surface area contributed by atoms with E-state index in [9.17, 15) is 15.2 Å². The van der Waals surface area contributed by atoms with Gasteiger partial charge < -0.3 is 15.5 Å². The molecule has 2 aromatic carbocycles. The summed E-state index contributed by atoms with van der Waals surface area (Å²) in [6.07, 6.45) is -0.867. The molecule has 0 aliphatic heterocycles. The summed E-state index contributed by atoms with van der Waals surface area (Å²) in [7, 11) is 0. The molecule has 1 unspecified atom stereocenters. The van der Waals surface area contributed by atoms with Crippen LogP contribution in [-0.2, 0) is 0 Å². The van der Waals surface area contributed by atoms with Crippen LogP contribution in [0.15, 0.2) is 36.4 Å². The predicted octanol–water partition coefficient (Wildman–Crippen LogP) is 1.51. The van der Waals surface area contributed by atoms with Gasteiger partial charge in [0.2, 0.25) is 0 Å². The molecule has 0 saturated carbocycles. The number of aliphatic hydroxyl groups is 2. The first kappa shape index (κ1) is 13.3. The zero-order valence-electron chi connectivity index (χ0n) is 10.1. The van der Waals surface area contributed by atoms with E-state index in [0.717, 1.165) is 0 Å². The summed E-state index contributed by atoms with van der Waals surface area (Å²) in [6.45, 7) is -0.157. The molecule has 19 heavy (non-hydrogen) atoms. The van der Waals surface area contributed by atoms with Crippen LogP contribution in [0.3, 0.4) is 0 Å². The molecule has 1 atom stereocenters. The number of anilines is 1. The molecule has 2 aromatic rings. The second-order valence-corrected chi connectivity index (χ2v) is 4.15. The van der Waals surface area contributed by atoms with E-state index in [0.29, 0.717) is 16.5 Å². The van der Waals surface area contributed by atoms with Gasteiger partial charge in [-0.25, -0.2) is 0 Å². The van der Waals surface area contributed by atoms with Crippen LogP contribution in [0.25, 0.3) is 10.8 Å². The van der Waals surface area contributed by atoms with Gasteiger partial charge in [0.15, 0.2) is 0 Å². The quantitative estimate of drug-likeness (QED) is 0.560. The van der Waals surface area contributed by atoms with Crippen molar-refractivity contribution >= 4 is 22.1 Å². The SMILES string of the molecule is O=[N+]([O-])c1cccc2c(NCC(O)CO)cccc12. The van der Waals surface area contributed by atoms with Gasteiger partial charge in [0, 0.05) is 23.7 Å². The van der Waals surface area contributed by atoms with Crippen LogP contribution >= 0.6 is 0 Å². The van der Waals surface area contributed by atoms with Crippen molar-refractivity contribution in [3.8, 4) is 0 Å². The molecule has 0 aliphatic carbocycles. The summed E-state index contributed by atoms with van der Waals surface area (Å²) >= 11 is 0. The molecule has 0 bridgehead atoms. The van der Waals surface area contributed by atoms with Crippen molar-refractivity contribution in [3.05, 3.63) is 46.5 Å². The third kappa shape index (κ3) is 2.81. The van der Waals surface area contributed by atoms with Gasteiger partial charge in [0.1, 0.15) is 0 Å². The first-order valence-electron chi connectivity index (χ1n) is 5.82. The van der Waals surface area contributed by atoms with Crippen molar-refractivity contribution in [1.29, 1.82) is 0 Å². The van der Waals surface area contributed by atoms with Crippen LogP contribution in [0.2, 0.25) is 0 Å². The molecule has 3 N–H and O–H groups in total. The standard InChI is InChI=1S/C13H14N2O4/c16-8-9(17)7-14-12-5-1-4-11-10(12)3-2-6-13(11)15(18)19/h1-6,9,14,16-17H,7-8H2. The number of hydrogen-bond acceptors (Lipinski definition) is 5. The molecule has 0 radical (unpaired) electrons. The lowest BCUT2D eigenvalue weighted by atomic mass is 10.1. The van der Waals surface area contributed by atoms with E-state index >= 15 is 0 Å². The molecular formula is C13H14N2O4. The normalized spacial score (nSPS) is 12.3. The molecule has 100 valence electrons. The number of rotatable bonds is 5. The summed E-state index contributed by atoms with van der Waals surface area (Å²) in [5, 5.41) is 33.2. The van der Waals surface area contributed by atoms with Crippen molar-refractivity contribution in [2.75, 3.05) is 18.5 Å². The molecular weight excluding hydrogens is 248 g/mol. The van der Waals surface area contributed by atoms with Gasteiger partial charge in [-0.2, -0.15) is 0 Å². The smallest absolute Gasteiger partial charge is 0.277 e. The van der Waals surface area contributed by atoms with Crippen LogP contribution in [0.1, 0.15) is 0 Å². The van der Waals surface area contributed by atoms with Crippen LogP contribution in [0.5, 0.6) is 0 Å². The Balaban J connectivity index is 2.40. The van der Waals surface area contributed by atoms with Gasteiger partial charge in [0.05, 0.1) is 23.0 Å². The van der Waals surface area contributed by atoms with Gasteiger partial charge >= 0.3 is 0 Å². The highest BCUT2D eigenvalue weighted by atomic mass is 16.6. The zero-order chi connectivity index (χ0) is 13.8. The first-order chi connectivity index (χ1) is 9.13. The maximum Gasteiger partial charge on any atom is 0.277 e. The van der Waals surface area contributed by atoms with Crippen LogP contribution in [0.4, 0.5) is 11.4 Å². The minimum absolute atomic E-state index is 0.0452. The Morgan fingerprint density at radius 2 is 1.89 bits per heavy atom.